The second-order valence-corrected chi connectivity index (χ2v) is 5.21. The molecule has 1 unspecified atom stereocenters. The highest BCUT2D eigenvalue weighted by Crippen LogP contribution is 2.16. The summed E-state index contributed by atoms with van der Waals surface area (Å²) in [4.78, 5) is 14.1. The van der Waals surface area contributed by atoms with E-state index in [4.69, 9.17) is 4.52 Å². The van der Waals surface area contributed by atoms with Gasteiger partial charge in [-0.05, 0) is 19.8 Å². The zero-order valence-electron chi connectivity index (χ0n) is 11.3. The summed E-state index contributed by atoms with van der Waals surface area (Å²) in [7, 11) is 0. The molecule has 2 rings (SSSR count). The monoisotopic (exact) mass is 251 g/mol. The van der Waals surface area contributed by atoms with Gasteiger partial charge >= 0.3 is 0 Å². The summed E-state index contributed by atoms with van der Waals surface area (Å²) >= 11 is 0. The van der Waals surface area contributed by atoms with Crippen LogP contribution in [0.3, 0.4) is 0 Å². The minimum absolute atomic E-state index is 0.0530. The number of likely N-dealkylation sites (tertiary alicyclic amines) is 1. The predicted octanol–water partition coefficient (Wildman–Crippen LogP) is 1.47. The third-order valence-electron chi connectivity index (χ3n) is 3.09. The fourth-order valence-corrected chi connectivity index (χ4v) is 2.33. The maximum Gasteiger partial charge on any atom is 0.240 e. The number of aryl methyl sites for hydroxylation is 1. The number of carbonyl (C=O) groups is 1. The van der Waals surface area contributed by atoms with Crippen LogP contribution in [-0.4, -0.2) is 34.6 Å². The van der Waals surface area contributed by atoms with Gasteiger partial charge in [-0.25, -0.2) is 0 Å². The Hall–Kier alpha value is -1.36. The van der Waals surface area contributed by atoms with Gasteiger partial charge in [0.1, 0.15) is 0 Å². The average Bonchev–Trinajstić information content (AvgIpc) is 2.69. The van der Waals surface area contributed by atoms with Gasteiger partial charge in [0.2, 0.25) is 5.91 Å². The van der Waals surface area contributed by atoms with E-state index in [1.165, 1.54) is 0 Å². The van der Waals surface area contributed by atoms with Crippen molar-refractivity contribution in [3.63, 3.8) is 0 Å². The molecule has 0 radical (unpaired) electrons. The number of carbonyl (C=O) groups excluding carboxylic acids is 1. The number of hydrogen-bond acceptors (Lipinski definition) is 4. The van der Waals surface area contributed by atoms with Crippen LogP contribution in [0.1, 0.15) is 38.1 Å². The van der Waals surface area contributed by atoms with Crippen LogP contribution in [0, 0.1) is 6.92 Å². The van der Waals surface area contributed by atoms with E-state index in [-0.39, 0.29) is 11.9 Å². The van der Waals surface area contributed by atoms with Gasteiger partial charge in [0.15, 0.2) is 5.76 Å². The van der Waals surface area contributed by atoms with Crippen molar-refractivity contribution in [2.45, 2.75) is 52.2 Å². The first kappa shape index (κ1) is 13.1. The molecule has 1 aliphatic rings. The standard InChI is InChI=1S/C13H21N3O2/c1-9(2)14-12-5-4-6-16(13(12)17)8-11-7-10(3)15-18-11/h7,9,12,14H,4-6,8H2,1-3H3. The van der Waals surface area contributed by atoms with Crippen LogP contribution in [-0.2, 0) is 11.3 Å². The Kier molecular flexibility index (Phi) is 4.01. The Balaban J connectivity index is 1.98. The molecule has 5 nitrogen and oxygen atoms in total. The molecule has 0 spiro atoms. The van der Waals surface area contributed by atoms with Gasteiger partial charge < -0.3 is 14.7 Å². The number of aromatic nitrogens is 1. The van der Waals surface area contributed by atoms with Crippen molar-refractivity contribution in [1.82, 2.24) is 15.4 Å². The highest BCUT2D eigenvalue weighted by molar-refractivity contribution is 5.82. The summed E-state index contributed by atoms with van der Waals surface area (Å²) in [5.74, 6) is 0.926. The van der Waals surface area contributed by atoms with E-state index in [1.807, 2.05) is 17.9 Å². The van der Waals surface area contributed by atoms with Crippen LogP contribution < -0.4 is 5.32 Å². The Morgan fingerprint density at radius 3 is 3.00 bits per heavy atom. The molecular weight excluding hydrogens is 230 g/mol. The van der Waals surface area contributed by atoms with Gasteiger partial charge in [-0.3, -0.25) is 4.79 Å². The smallest absolute Gasteiger partial charge is 0.240 e. The molecule has 0 bridgehead atoms. The molecule has 5 heteroatoms. The molecule has 1 aromatic rings. The molecule has 2 heterocycles. The van der Waals surface area contributed by atoms with E-state index in [1.54, 1.807) is 0 Å². The van der Waals surface area contributed by atoms with Gasteiger partial charge in [-0.15, -0.1) is 0 Å². The van der Waals surface area contributed by atoms with E-state index in [2.05, 4.69) is 24.3 Å². The van der Waals surface area contributed by atoms with Crippen molar-refractivity contribution < 1.29 is 9.32 Å². The number of piperidine rings is 1. The Labute approximate surface area is 108 Å². The Bertz CT molecular complexity index is 414. The van der Waals surface area contributed by atoms with Crippen LogP contribution in [0.2, 0.25) is 0 Å². The number of rotatable bonds is 4. The van der Waals surface area contributed by atoms with Gasteiger partial charge in [0.05, 0.1) is 18.3 Å². The first-order valence-corrected chi connectivity index (χ1v) is 6.53. The second-order valence-electron chi connectivity index (χ2n) is 5.21. The molecule has 100 valence electrons. The molecule has 1 amide bonds. The van der Waals surface area contributed by atoms with Crippen LogP contribution in [0.5, 0.6) is 0 Å². The van der Waals surface area contributed by atoms with Crippen molar-refractivity contribution in [2.75, 3.05) is 6.54 Å². The number of nitrogens with zero attached hydrogens (tertiary/aromatic N) is 2. The van der Waals surface area contributed by atoms with E-state index in [9.17, 15) is 4.79 Å². The minimum Gasteiger partial charge on any atom is -0.359 e. The van der Waals surface area contributed by atoms with Crippen LogP contribution in [0.25, 0.3) is 0 Å². The van der Waals surface area contributed by atoms with Gasteiger partial charge in [-0.1, -0.05) is 19.0 Å². The number of amides is 1. The molecule has 0 saturated carbocycles. The van der Waals surface area contributed by atoms with Gasteiger partial charge in [0, 0.05) is 18.7 Å². The summed E-state index contributed by atoms with van der Waals surface area (Å²) in [6.07, 6.45) is 1.95. The van der Waals surface area contributed by atoms with E-state index in [0.29, 0.717) is 12.6 Å². The Morgan fingerprint density at radius 1 is 1.61 bits per heavy atom. The Morgan fingerprint density at radius 2 is 2.39 bits per heavy atom. The lowest BCUT2D eigenvalue weighted by atomic mass is 10.0. The minimum atomic E-state index is -0.0530. The molecule has 1 N–H and O–H groups in total. The molecule has 1 saturated heterocycles. The van der Waals surface area contributed by atoms with Crippen molar-refractivity contribution in [3.05, 3.63) is 17.5 Å². The van der Waals surface area contributed by atoms with E-state index < -0.39 is 0 Å². The molecule has 1 aromatic heterocycles. The third kappa shape index (κ3) is 3.10. The van der Waals surface area contributed by atoms with Crippen LogP contribution in [0.4, 0.5) is 0 Å². The highest BCUT2D eigenvalue weighted by atomic mass is 16.5. The average molecular weight is 251 g/mol. The summed E-state index contributed by atoms with van der Waals surface area (Å²) in [5, 5.41) is 7.16. The first-order valence-electron chi connectivity index (χ1n) is 6.53. The number of nitrogens with one attached hydrogen (secondary N) is 1. The maximum absolute atomic E-state index is 12.3. The molecule has 0 aliphatic carbocycles. The number of hydrogen-bond donors (Lipinski definition) is 1. The first-order chi connectivity index (χ1) is 8.56. The summed E-state index contributed by atoms with van der Waals surface area (Å²) in [5.41, 5.74) is 0.853. The van der Waals surface area contributed by atoms with Crippen molar-refractivity contribution in [3.8, 4) is 0 Å². The lowest BCUT2D eigenvalue weighted by Crippen LogP contribution is -2.51. The van der Waals surface area contributed by atoms with Crippen molar-refractivity contribution >= 4 is 5.91 Å². The maximum atomic E-state index is 12.3. The fourth-order valence-electron chi connectivity index (χ4n) is 2.33. The normalized spacial score (nSPS) is 20.8. The molecule has 18 heavy (non-hydrogen) atoms. The molecular formula is C13H21N3O2. The highest BCUT2D eigenvalue weighted by Gasteiger charge is 2.29. The van der Waals surface area contributed by atoms with E-state index in [0.717, 1.165) is 30.8 Å². The lowest BCUT2D eigenvalue weighted by molar-refractivity contribution is -0.137. The van der Waals surface area contributed by atoms with E-state index >= 15 is 0 Å². The summed E-state index contributed by atoms with van der Waals surface area (Å²) in [6, 6.07) is 2.15. The molecule has 0 aromatic carbocycles. The van der Waals surface area contributed by atoms with Crippen LogP contribution in [0.15, 0.2) is 10.6 Å². The zero-order valence-corrected chi connectivity index (χ0v) is 11.3. The lowest BCUT2D eigenvalue weighted by Gasteiger charge is -2.33. The van der Waals surface area contributed by atoms with Gasteiger partial charge in [-0.2, -0.15) is 0 Å². The topological polar surface area (TPSA) is 58.4 Å². The third-order valence-corrected chi connectivity index (χ3v) is 3.09. The largest absolute Gasteiger partial charge is 0.359 e. The predicted molar refractivity (Wildman–Crippen MR) is 68.0 cm³/mol. The van der Waals surface area contributed by atoms with Crippen molar-refractivity contribution in [1.29, 1.82) is 0 Å². The molecule has 1 fully saturated rings. The van der Waals surface area contributed by atoms with Gasteiger partial charge in [0.25, 0.3) is 0 Å². The summed E-state index contributed by atoms with van der Waals surface area (Å²) < 4.78 is 5.17. The molecule has 1 atom stereocenters. The van der Waals surface area contributed by atoms with Crippen LogP contribution >= 0.6 is 0 Å². The molecule has 1 aliphatic heterocycles. The quantitative estimate of drug-likeness (QED) is 0.880. The second kappa shape index (κ2) is 5.52. The van der Waals surface area contributed by atoms with Crippen molar-refractivity contribution in [2.24, 2.45) is 0 Å². The summed E-state index contributed by atoms with van der Waals surface area (Å²) in [6.45, 7) is 7.33. The zero-order chi connectivity index (χ0) is 13.1. The fraction of sp³-hybridized carbons (Fsp3) is 0.692. The SMILES string of the molecule is Cc1cc(CN2CCCC(NC(C)C)C2=O)on1.